The van der Waals surface area contributed by atoms with Crippen LogP contribution in [0.15, 0.2) is 47.4 Å². The number of carbonyl (C=O) groups excluding carboxylic acids is 1. The van der Waals surface area contributed by atoms with Crippen LogP contribution in [0.2, 0.25) is 0 Å². The third-order valence-electron chi connectivity index (χ3n) is 4.08. The van der Waals surface area contributed by atoms with E-state index in [0.717, 1.165) is 16.8 Å². The number of amides is 2. The monoisotopic (exact) mass is 345 g/mol. The van der Waals surface area contributed by atoms with Crippen molar-refractivity contribution in [1.29, 1.82) is 0 Å². The zero-order chi connectivity index (χ0) is 17.3. The summed E-state index contributed by atoms with van der Waals surface area (Å²) in [6.45, 7) is 5.03. The Morgan fingerprint density at radius 3 is 2.33 bits per heavy atom. The molecule has 6 nitrogen and oxygen atoms in total. The highest BCUT2D eigenvalue weighted by Gasteiger charge is 2.21. The molecular formula is C17H19N3O3S. The van der Waals surface area contributed by atoms with Crippen LogP contribution in [0, 0.1) is 13.8 Å². The lowest BCUT2D eigenvalue weighted by molar-refractivity contribution is 0.252. The molecule has 1 saturated heterocycles. The zero-order valence-electron chi connectivity index (χ0n) is 13.5. The third kappa shape index (κ3) is 3.21. The smallest absolute Gasteiger partial charge is 0.321 e. The predicted octanol–water partition coefficient (Wildman–Crippen LogP) is 2.63. The molecule has 126 valence electrons. The minimum Gasteiger partial charge on any atom is -0.336 e. The summed E-state index contributed by atoms with van der Waals surface area (Å²) in [6, 6.07) is 11.6. The summed E-state index contributed by atoms with van der Waals surface area (Å²) < 4.78 is 27.5. The second kappa shape index (κ2) is 6.16. The molecule has 2 aromatic carbocycles. The Morgan fingerprint density at radius 1 is 1.04 bits per heavy atom. The van der Waals surface area contributed by atoms with Crippen LogP contribution in [0.3, 0.4) is 0 Å². The van der Waals surface area contributed by atoms with E-state index >= 15 is 0 Å². The summed E-state index contributed by atoms with van der Waals surface area (Å²) in [4.78, 5) is 13.5. The highest BCUT2D eigenvalue weighted by molar-refractivity contribution is 7.92. The summed E-state index contributed by atoms with van der Waals surface area (Å²) in [6.07, 6.45) is 0. The molecule has 0 bridgehead atoms. The second-order valence-corrected chi connectivity index (χ2v) is 7.46. The molecule has 1 heterocycles. The van der Waals surface area contributed by atoms with E-state index in [1.165, 1.54) is 0 Å². The van der Waals surface area contributed by atoms with Crippen molar-refractivity contribution in [3.05, 3.63) is 53.6 Å². The van der Waals surface area contributed by atoms with Gasteiger partial charge in [0, 0.05) is 24.5 Å². The number of carbonyl (C=O) groups is 1. The van der Waals surface area contributed by atoms with Crippen molar-refractivity contribution in [3.63, 3.8) is 0 Å². The van der Waals surface area contributed by atoms with Crippen LogP contribution in [0.1, 0.15) is 11.1 Å². The fourth-order valence-corrected chi connectivity index (χ4v) is 3.67. The molecule has 1 aliphatic rings. The third-order valence-corrected chi connectivity index (χ3v) is 5.46. The first kappa shape index (κ1) is 16.3. The number of hydrogen-bond acceptors (Lipinski definition) is 3. The molecule has 0 atom stereocenters. The van der Waals surface area contributed by atoms with Gasteiger partial charge < -0.3 is 5.32 Å². The van der Waals surface area contributed by atoms with E-state index in [4.69, 9.17) is 0 Å². The average molecular weight is 345 g/mol. The number of sulfonamides is 1. The van der Waals surface area contributed by atoms with Crippen molar-refractivity contribution in [2.24, 2.45) is 0 Å². The number of aryl methyl sites for hydroxylation is 2. The quantitative estimate of drug-likeness (QED) is 0.894. The number of nitrogens with zero attached hydrogens (tertiary/aromatic N) is 1. The van der Waals surface area contributed by atoms with E-state index in [1.54, 1.807) is 47.4 Å². The van der Waals surface area contributed by atoms with Crippen LogP contribution < -0.4 is 14.9 Å². The summed E-state index contributed by atoms with van der Waals surface area (Å²) in [7, 11) is -3.64. The van der Waals surface area contributed by atoms with Gasteiger partial charge in [-0.1, -0.05) is 6.07 Å². The molecule has 3 rings (SSSR count). The molecule has 24 heavy (non-hydrogen) atoms. The van der Waals surface area contributed by atoms with Crippen molar-refractivity contribution < 1.29 is 13.2 Å². The van der Waals surface area contributed by atoms with E-state index in [1.807, 2.05) is 13.8 Å². The summed E-state index contributed by atoms with van der Waals surface area (Å²) in [5.74, 6) is 0. The summed E-state index contributed by atoms with van der Waals surface area (Å²) >= 11 is 0. The van der Waals surface area contributed by atoms with Crippen LogP contribution in [0.4, 0.5) is 16.2 Å². The van der Waals surface area contributed by atoms with Crippen molar-refractivity contribution in [3.8, 4) is 0 Å². The molecule has 0 aliphatic carbocycles. The highest BCUT2D eigenvalue weighted by atomic mass is 32.2. The molecular weight excluding hydrogens is 326 g/mol. The molecule has 2 aromatic rings. The van der Waals surface area contributed by atoms with Gasteiger partial charge in [-0.25, -0.2) is 13.2 Å². The molecule has 1 fully saturated rings. The normalized spacial score (nSPS) is 14.6. The number of anilines is 2. The van der Waals surface area contributed by atoms with Gasteiger partial charge in [-0.2, -0.15) is 0 Å². The van der Waals surface area contributed by atoms with Crippen molar-refractivity contribution >= 4 is 27.4 Å². The standard InChI is InChI=1S/C17H19N3O3S/c1-12-3-8-16(11-13(12)2)24(22,23)19-14-4-6-15(7-5-14)20-10-9-18-17(20)21/h3-8,11,19H,9-10H2,1-2H3,(H,18,21). The summed E-state index contributed by atoms with van der Waals surface area (Å²) in [5.41, 5.74) is 3.16. The number of hydrogen-bond donors (Lipinski definition) is 2. The molecule has 0 saturated carbocycles. The Hall–Kier alpha value is -2.54. The Morgan fingerprint density at radius 2 is 1.75 bits per heavy atom. The number of nitrogens with one attached hydrogen (secondary N) is 2. The second-order valence-electron chi connectivity index (χ2n) is 5.78. The lowest BCUT2D eigenvalue weighted by atomic mass is 10.1. The first-order valence-corrected chi connectivity index (χ1v) is 9.11. The van der Waals surface area contributed by atoms with Gasteiger partial charge in [0.2, 0.25) is 0 Å². The maximum absolute atomic E-state index is 12.5. The number of rotatable bonds is 4. The maximum atomic E-state index is 12.5. The Balaban J connectivity index is 1.80. The van der Waals surface area contributed by atoms with E-state index in [-0.39, 0.29) is 10.9 Å². The molecule has 1 aliphatic heterocycles. The largest absolute Gasteiger partial charge is 0.336 e. The molecule has 7 heteroatoms. The average Bonchev–Trinajstić information content (AvgIpc) is 2.96. The first-order valence-electron chi connectivity index (χ1n) is 7.62. The van der Waals surface area contributed by atoms with Crippen molar-refractivity contribution in [1.82, 2.24) is 5.32 Å². The summed E-state index contributed by atoms with van der Waals surface area (Å²) in [5, 5.41) is 2.73. The van der Waals surface area contributed by atoms with Gasteiger partial charge >= 0.3 is 6.03 Å². The van der Waals surface area contributed by atoms with Crippen molar-refractivity contribution in [2.45, 2.75) is 18.7 Å². The van der Waals surface area contributed by atoms with Gasteiger partial charge in [0.1, 0.15) is 0 Å². The van der Waals surface area contributed by atoms with Crippen LogP contribution in [0.5, 0.6) is 0 Å². The van der Waals surface area contributed by atoms with Gasteiger partial charge in [-0.3, -0.25) is 9.62 Å². The van der Waals surface area contributed by atoms with E-state index in [2.05, 4.69) is 10.0 Å². The van der Waals surface area contributed by atoms with Crippen LogP contribution in [-0.4, -0.2) is 27.5 Å². The van der Waals surface area contributed by atoms with Gasteiger partial charge in [0.15, 0.2) is 0 Å². The number of benzene rings is 2. The maximum Gasteiger partial charge on any atom is 0.321 e. The van der Waals surface area contributed by atoms with Crippen LogP contribution in [0.25, 0.3) is 0 Å². The fourth-order valence-electron chi connectivity index (χ4n) is 2.52. The van der Waals surface area contributed by atoms with Gasteiger partial charge in [0.05, 0.1) is 4.90 Å². The number of urea groups is 1. The molecule has 0 radical (unpaired) electrons. The van der Waals surface area contributed by atoms with E-state index in [0.29, 0.717) is 18.8 Å². The molecule has 0 aromatic heterocycles. The molecule has 0 unspecified atom stereocenters. The predicted molar refractivity (Wildman–Crippen MR) is 93.9 cm³/mol. The molecule has 2 amide bonds. The SMILES string of the molecule is Cc1ccc(S(=O)(=O)Nc2ccc(N3CCNC3=O)cc2)cc1C. The topological polar surface area (TPSA) is 78.5 Å². The highest BCUT2D eigenvalue weighted by Crippen LogP contribution is 2.22. The van der Waals surface area contributed by atoms with Crippen LogP contribution >= 0.6 is 0 Å². The Kier molecular flexibility index (Phi) is 4.19. The van der Waals surface area contributed by atoms with Gasteiger partial charge in [-0.05, 0) is 61.4 Å². The molecule has 0 spiro atoms. The Labute approximate surface area is 141 Å². The molecule has 2 N–H and O–H groups in total. The lowest BCUT2D eigenvalue weighted by Crippen LogP contribution is -2.27. The van der Waals surface area contributed by atoms with Gasteiger partial charge in [-0.15, -0.1) is 0 Å². The fraction of sp³-hybridized carbons (Fsp3) is 0.235. The lowest BCUT2D eigenvalue weighted by Gasteiger charge is -2.15. The first-order chi connectivity index (χ1) is 11.4. The van der Waals surface area contributed by atoms with Gasteiger partial charge in [0.25, 0.3) is 10.0 Å². The van der Waals surface area contributed by atoms with E-state index in [9.17, 15) is 13.2 Å². The van der Waals surface area contributed by atoms with E-state index < -0.39 is 10.0 Å². The minimum atomic E-state index is -3.64. The Bertz CT molecular complexity index is 876. The minimum absolute atomic E-state index is 0.140. The van der Waals surface area contributed by atoms with Crippen molar-refractivity contribution in [2.75, 3.05) is 22.7 Å². The zero-order valence-corrected chi connectivity index (χ0v) is 14.4. The van der Waals surface area contributed by atoms with Crippen LogP contribution in [-0.2, 0) is 10.0 Å².